The van der Waals surface area contributed by atoms with Crippen LogP contribution < -0.4 is 0 Å². The summed E-state index contributed by atoms with van der Waals surface area (Å²) in [4.78, 5) is 2.48. The molecule has 0 saturated carbocycles. The first-order valence-corrected chi connectivity index (χ1v) is 8.80. The summed E-state index contributed by atoms with van der Waals surface area (Å²) in [5.41, 5.74) is -0.0591. The van der Waals surface area contributed by atoms with Gasteiger partial charge >= 0.3 is 0 Å². The molecule has 5 heteroatoms. The van der Waals surface area contributed by atoms with Crippen LogP contribution in [-0.2, 0) is 14.5 Å². The highest BCUT2D eigenvalue weighted by Gasteiger charge is 2.40. The molecule has 0 aromatic rings. The molecule has 4 nitrogen and oxygen atoms in total. The van der Waals surface area contributed by atoms with Crippen molar-refractivity contribution in [3.8, 4) is 0 Å². The van der Waals surface area contributed by atoms with Gasteiger partial charge in [-0.05, 0) is 40.0 Å². The fraction of sp³-hybridized carbons (Fsp3) is 1.00. The Balaban J connectivity index is 1.78. The lowest BCUT2D eigenvalue weighted by Crippen LogP contribution is -2.49. The lowest BCUT2D eigenvalue weighted by molar-refractivity contribution is -0.00808. The zero-order valence-corrected chi connectivity index (χ0v) is 12.6. The molecule has 0 amide bonds. The molecule has 0 spiro atoms. The van der Waals surface area contributed by atoms with Crippen LogP contribution >= 0.6 is 0 Å². The van der Waals surface area contributed by atoms with Crippen LogP contribution in [0.3, 0.4) is 0 Å². The van der Waals surface area contributed by atoms with Crippen LogP contribution in [0.25, 0.3) is 0 Å². The number of hydrogen-bond donors (Lipinski definition) is 1. The fourth-order valence-electron chi connectivity index (χ4n) is 3.05. The minimum atomic E-state index is -2.28. The molecule has 2 aliphatic rings. The largest absolute Gasteiger partial charge is 0.376 e. The Bertz CT molecular complexity index is 366. The summed E-state index contributed by atoms with van der Waals surface area (Å²) in [6, 6.07) is 0.784. The summed E-state index contributed by atoms with van der Waals surface area (Å²) in [7, 11) is -2.28. The Hall–Kier alpha value is -0.130. The van der Waals surface area contributed by atoms with E-state index >= 15 is 0 Å². The third-order valence-electron chi connectivity index (χ3n) is 3.79. The summed E-state index contributed by atoms with van der Waals surface area (Å²) in [6.07, 6.45) is 3.28. The molecule has 2 atom stereocenters. The van der Waals surface area contributed by atoms with Gasteiger partial charge in [-0.2, -0.15) is 0 Å². The van der Waals surface area contributed by atoms with E-state index in [1.54, 1.807) is 0 Å². The van der Waals surface area contributed by atoms with Gasteiger partial charge in [-0.3, -0.25) is 9.68 Å². The number of nitrogens with one attached hydrogen (secondary N) is 1. The molecule has 2 rings (SSSR count). The van der Waals surface area contributed by atoms with Crippen LogP contribution in [0.2, 0.25) is 0 Å². The average molecular weight is 274 g/mol. The second-order valence-corrected chi connectivity index (χ2v) is 8.87. The highest BCUT2D eigenvalue weighted by atomic mass is 32.2. The van der Waals surface area contributed by atoms with Gasteiger partial charge in [0.05, 0.1) is 5.60 Å². The zero-order valence-electron chi connectivity index (χ0n) is 11.8. The van der Waals surface area contributed by atoms with Gasteiger partial charge in [0.2, 0.25) is 0 Å². The Kier molecular flexibility index (Phi) is 4.04. The standard InChI is InChI=1S/C13H26N2O2S/c1-13(2,3)17-8-4-7-15-11-5-6-12(15)10-18(14,16)9-11/h11-12,14H,4-10H2,1-3H3. The summed E-state index contributed by atoms with van der Waals surface area (Å²) < 4.78 is 25.4. The highest BCUT2D eigenvalue weighted by molar-refractivity contribution is 7.92. The lowest BCUT2D eigenvalue weighted by atomic mass is 10.2. The van der Waals surface area contributed by atoms with Crippen LogP contribution in [0, 0.1) is 4.78 Å². The average Bonchev–Trinajstić information content (AvgIpc) is 2.44. The minimum Gasteiger partial charge on any atom is -0.376 e. The Morgan fingerprint density at radius 3 is 2.33 bits per heavy atom. The molecule has 106 valence electrons. The third-order valence-corrected chi connectivity index (χ3v) is 5.64. The monoisotopic (exact) mass is 274 g/mol. The van der Waals surface area contributed by atoms with Crippen molar-refractivity contribution in [2.24, 2.45) is 0 Å². The Morgan fingerprint density at radius 2 is 1.83 bits per heavy atom. The van der Waals surface area contributed by atoms with Gasteiger partial charge in [0.1, 0.15) is 0 Å². The van der Waals surface area contributed by atoms with Crippen molar-refractivity contribution in [2.45, 2.75) is 57.7 Å². The molecule has 0 aromatic carbocycles. The van der Waals surface area contributed by atoms with E-state index in [1.807, 2.05) is 0 Å². The number of nitrogens with zero attached hydrogens (tertiary/aromatic N) is 1. The molecule has 1 N–H and O–H groups in total. The fourth-order valence-corrected chi connectivity index (χ4v) is 5.15. The maximum absolute atomic E-state index is 11.9. The van der Waals surface area contributed by atoms with Gasteiger partial charge < -0.3 is 4.74 Å². The van der Waals surface area contributed by atoms with Crippen molar-refractivity contribution in [1.29, 1.82) is 4.78 Å². The van der Waals surface area contributed by atoms with Crippen molar-refractivity contribution >= 4 is 9.73 Å². The van der Waals surface area contributed by atoms with Crippen LogP contribution in [0.15, 0.2) is 0 Å². The van der Waals surface area contributed by atoms with E-state index < -0.39 is 9.73 Å². The SMILES string of the molecule is CC(C)(C)OCCCN1C2CCC1CS(=N)(=O)C2. The summed E-state index contributed by atoms with van der Waals surface area (Å²) in [6.45, 7) is 8.04. The van der Waals surface area contributed by atoms with Crippen LogP contribution in [0.5, 0.6) is 0 Å². The van der Waals surface area contributed by atoms with Crippen LogP contribution in [0.1, 0.15) is 40.0 Å². The lowest BCUT2D eigenvalue weighted by Gasteiger charge is -2.35. The normalized spacial score (nSPS) is 37.1. The van der Waals surface area contributed by atoms with E-state index in [-0.39, 0.29) is 5.60 Å². The second-order valence-electron chi connectivity index (χ2n) is 6.58. The molecule has 2 bridgehead atoms. The van der Waals surface area contributed by atoms with E-state index in [2.05, 4.69) is 25.7 Å². The zero-order chi connectivity index (χ0) is 13.4. The first-order valence-electron chi connectivity index (χ1n) is 6.91. The predicted octanol–water partition coefficient (Wildman–Crippen LogP) is 2.08. The molecule has 0 aliphatic carbocycles. The predicted molar refractivity (Wildman–Crippen MR) is 74.4 cm³/mol. The second kappa shape index (κ2) is 5.10. The molecule has 0 aromatic heterocycles. The van der Waals surface area contributed by atoms with Gasteiger partial charge in [-0.15, -0.1) is 0 Å². The van der Waals surface area contributed by atoms with E-state index in [9.17, 15) is 4.21 Å². The number of fused-ring (bicyclic) bond motifs is 2. The molecule has 2 saturated heterocycles. The number of hydrogen-bond acceptors (Lipinski definition) is 4. The number of rotatable bonds is 4. The number of ether oxygens (including phenoxy) is 1. The minimum absolute atomic E-state index is 0.0591. The summed E-state index contributed by atoms with van der Waals surface area (Å²) in [5, 5.41) is 0. The van der Waals surface area contributed by atoms with Crippen LogP contribution in [-0.4, -0.2) is 51.5 Å². The van der Waals surface area contributed by atoms with E-state index in [1.165, 1.54) is 0 Å². The molecular weight excluding hydrogens is 248 g/mol. The Labute approximate surface area is 111 Å². The molecule has 0 radical (unpaired) electrons. The van der Waals surface area contributed by atoms with Crippen LogP contribution in [0.4, 0.5) is 0 Å². The highest BCUT2D eigenvalue weighted by Crippen LogP contribution is 2.31. The Morgan fingerprint density at radius 1 is 1.28 bits per heavy atom. The van der Waals surface area contributed by atoms with Crippen molar-refractivity contribution in [3.63, 3.8) is 0 Å². The molecule has 2 aliphatic heterocycles. The maximum atomic E-state index is 11.9. The smallest absolute Gasteiger partial charge is 0.0598 e. The molecule has 2 fully saturated rings. The molecule has 2 unspecified atom stereocenters. The van der Waals surface area contributed by atoms with Gasteiger partial charge in [-0.25, -0.2) is 4.21 Å². The van der Waals surface area contributed by atoms with Crippen molar-refractivity contribution in [2.75, 3.05) is 24.7 Å². The van der Waals surface area contributed by atoms with Crippen molar-refractivity contribution < 1.29 is 8.95 Å². The van der Waals surface area contributed by atoms with Gasteiger partial charge in [0.25, 0.3) is 0 Å². The van der Waals surface area contributed by atoms with E-state index in [4.69, 9.17) is 9.52 Å². The van der Waals surface area contributed by atoms with E-state index in [0.29, 0.717) is 23.6 Å². The molecular formula is C13H26N2O2S. The van der Waals surface area contributed by atoms with Crippen molar-refractivity contribution in [3.05, 3.63) is 0 Å². The maximum Gasteiger partial charge on any atom is 0.0598 e. The van der Waals surface area contributed by atoms with Gasteiger partial charge in [0, 0.05) is 46.5 Å². The van der Waals surface area contributed by atoms with Crippen molar-refractivity contribution in [1.82, 2.24) is 4.90 Å². The summed E-state index contributed by atoms with van der Waals surface area (Å²) >= 11 is 0. The first kappa shape index (κ1) is 14.3. The first-order chi connectivity index (χ1) is 8.27. The third kappa shape index (κ3) is 3.68. The topological polar surface area (TPSA) is 53.4 Å². The quantitative estimate of drug-likeness (QED) is 0.799. The van der Waals surface area contributed by atoms with Gasteiger partial charge in [-0.1, -0.05) is 0 Å². The molecule has 2 heterocycles. The van der Waals surface area contributed by atoms with Gasteiger partial charge in [0.15, 0.2) is 0 Å². The molecule has 18 heavy (non-hydrogen) atoms. The summed E-state index contributed by atoms with van der Waals surface area (Å²) in [5.74, 6) is 1.17. The van der Waals surface area contributed by atoms with E-state index in [0.717, 1.165) is 32.4 Å².